The van der Waals surface area contributed by atoms with Gasteiger partial charge >= 0.3 is 0 Å². The topological polar surface area (TPSA) is 42.7 Å². The van der Waals surface area contributed by atoms with Gasteiger partial charge in [-0.25, -0.2) is 0 Å². The van der Waals surface area contributed by atoms with Crippen LogP contribution in [0, 0.1) is 0 Å². The van der Waals surface area contributed by atoms with E-state index in [4.69, 9.17) is 0 Å². The number of rotatable bonds is 1. The molecule has 2 aromatic rings. The van der Waals surface area contributed by atoms with E-state index in [0.29, 0.717) is 0 Å². The number of para-hydroxylation sites is 1. The molecule has 1 aliphatic rings. The van der Waals surface area contributed by atoms with Gasteiger partial charge in [-0.2, -0.15) is 4.68 Å². The van der Waals surface area contributed by atoms with Crippen molar-refractivity contribution >= 4 is 5.82 Å². The predicted octanol–water partition coefficient (Wildman–Crippen LogP) is 1.63. The molecule has 0 fully saturated rings. The lowest BCUT2D eigenvalue weighted by molar-refractivity contribution is 0.799. The van der Waals surface area contributed by atoms with E-state index >= 15 is 0 Å². The van der Waals surface area contributed by atoms with Gasteiger partial charge in [-0.05, 0) is 25.0 Å². The maximum Gasteiger partial charge on any atom is 0.153 e. The minimum atomic E-state index is 1.01. The Morgan fingerprint density at radius 1 is 1.20 bits per heavy atom. The number of hydrogen-bond donors (Lipinski definition) is 1. The molecule has 15 heavy (non-hydrogen) atoms. The largest absolute Gasteiger partial charge is 0.368 e. The van der Waals surface area contributed by atoms with Crippen molar-refractivity contribution in [3.05, 3.63) is 36.0 Å². The fraction of sp³-hybridized carbons (Fsp3) is 0.273. The second-order valence-corrected chi connectivity index (χ2v) is 3.66. The molecular formula is C11H12N4. The number of aryl methyl sites for hydroxylation is 1. The second kappa shape index (κ2) is 3.38. The summed E-state index contributed by atoms with van der Waals surface area (Å²) in [5.74, 6) is 1.05. The Balaban J connectivity index is 2.09. The molecule has 0 amide bonds. The SMILES string of the molecule is c1ccc(-n2nnc3c2NCCC3)cc1. The van der Waals surface area contributed by atoms with Crippen molar-refractivity contribution in [2.45, 2.75) is 12.8 Å². The molecular weight excluding hydrogens is 188 g/mol. The Hall–Kier alpha value is -1.84. The summed E-state index contributed by atoms with van der Waals surface area (Å²) in [4.78, 5) is 0. The molecule has 1 aliphatic heterocycles. The summed E-state index contributed by atoms with van der Waals surface area (Å²) in [7, 11) is 0. The van der Waals surface area contributed by atoms with Crippen LogP contribution in [0.15, 0.2) is 30.3 Å². The molecule has 4 nitrogen and oxygen atoms in total. The molecule has 0 unspecified atom stereocenters. The molecule has 1 aromatic heterocycles. The maximum atomic E-state index is 4.18. The average molecular weight is 200 g/mol. The van der Waals surface area contributed by atoms with Crippen molar-refractivity contribution in [1.82, 2.24) is 15.0 Å². The number of aromatic nitrogens is 3. The smallest absolute Gasteiger partial charge is 0.153 e. The highest BCUT2D eigenvalue weighted by Crippen LogP contribution is 2.21. The fourth-order valence-corrected chi connectivity index (χ4v) is 1.87. The Morgan fingerprint density at radius 3 is 2.93 bits per heavy atom. The molecule has 3 rings (SSSR count). The van der Waals surface area contributed by atoms with Gasteiger partial charge in [0.1, 0.15) is 5.69 Å². The Bertz CT molecular complexity index is 461. The number of nitrogens with zero attached hydrogens (tertiary/aromatic N) is 3. The molecule has 0 bridgehead atoms. The lowest BCUT2D eigenvalue weighted by Crippen LogP contribution is -2.14. The standard InChI is InChI=1S/C11H12N4/c1-2-5-9(6-3-1)15-11-10(13-14-15)7-4-8-12-11/h1-3,5-6,12H,4,7-8H2. The van der Waals surface area contributed by atoms with Gasteiger partial charge in [-0.15, -0.1) is 5.10 Å². The highest BCUT2D eigenvalue weighted by Gasteiger charge is 2.16. The molecule has 2 heterocycles. The van der Waals surface area contributed by atoms with Crippen molar-refractivity contribution in [2.24, 2.45) is 0 Å². The first kappa shape index (κ1) is 8.47. The maximum absolute atomic E-state index is 4.18. The molecule has 76 valence electrons. The van der Waals surface area contributed by atoms with Gasteiger partial charge in [0, 0.05) is 6.54 Å². The summed E-state index contributed by atoms with van der Waals surface area (Å²) < 4.78 is 1.87. The van der Waals surface area contributed by atoms with Crippen molar-refractivity contribution < 1.29 is 0 Å². The zero-order valence-corrected chi connectivity index (χ0v) is 8.35. The van der Waals surface area contributed by atoms with Crippen LogP contribution in [0.4, 0.5) is 5.82 Å². The molecule has 4 heteroatoms. The van der Waals surface area contributed by atoms with E-state index in [-0.39, 0.29) is 0 Å². The van der Waals surface area contributed by atoms with Crippen LogP contribution in [0.2, 0.25) is 0 Å². The van der Waals surface area contributed by atoms with Crippen LogP contribution in [0.5, 0.6) is 0 Å². The van der Waals surface area contributed by atoms with Crippen LogP contribution < -0.4 is 5.32 Å². The molecule has 1 aromatic carbocycles. The Morgan fingerprint density at radius 2 is 2.07 bits per heavy atom. The van der Waals surface area contributed by atoms with E-state index in [2.05, 4.69) is 15.6 Å². The third-order valence-electron chi connectivity index (χ3n) is 2.62. The quantitative estimate of drug-likeness (QED) is 0.760. The molecule has 0 aliphatic carbocycles. The first-order valence-electron chi connectivity index (χ1n) is 5.19. The Kier molecular flexibility index (Phi) is 1.91. The van der Waals surface area contributed by atoms with Crippen LogP contribution in [0.1, 0.15) is 12.1 Å². The average Bonchev–Trinajstić information content (AvgIpc) is 2.74. The number of benzene rings is 1. The summed E-state index contributed by atoms with van der Waals surface area (Å²) in [5.41, 5.74) is 2.13. The minimum Gasteiger partial charge on any atom is -0.368 e. The van der Waals surface area contributed by atoms with Gasteiger partial charge in [0.05, 0.1) is 5.69 Å². The van der Waals surface area contributed by atoms with Crippen molar-refractivity contribution in [1.29, 1.82) is 0 Å². The van der Waals surface area contributed by atoms with Crippen LogP contribution in [0.25, 0.3) is 5.69 Å². The lowest BCUT2D eigenvalue weighted by atomic mass is 10.2. The second-order valence-electron chi connectivity index (χ2n) is 3.66. The first-order valence-corrected chi connectivity index (χ1v) is 5.19. The van der Waals surface area contributed by atoms with E-state index in [9.17, 15) is 0 Å². The van der Waals surface area contributed by atoms with Crippen molar-refractivity contribution in [3.63, 3.8) is 0 Å². The first-order chi connectivity index (χ1) is 7.45. The summed E-state index contributed by atoms with van der Waals surface area (Å²) in [6.07, 6.45) is 2.16. The summed E-state index contributed by atoms with van der Waals surface area (Å²) in [6, 6.07) is 10.1. The summed E-state index contributed by atoms with van der Waals surface area (Å²) in [5, 5.41) is 11.7. The summed E-state index contributed by atoms with van der Waals surface area (Å²) >= 11 is 0. The zero-order chi connectivity index (χ0) is 10.1. The number of hydrogen-bond acceptors (Lipinski definition) is 3. The predicted molar refractivity (Wildman–Crippen MR) is 58.2 cm³/mol. The Labute approximate surface area is 87.9 Å². The van der Waals surface area contributed by atoms with Gasteiger partial charge in [0.15, 0.2) is 5.82 Å². The molecule has 0 saturated heterocycles. The van der Waals surface area contributed by atoms with E-state index in [0.717, 1.165) is 36.6 Å². The molecule has 1 N–H and O–H groups in total. The highest BCUT2D eigenvalue weighted by molar-refractivity contribution is 5.49. The van der Waals surface area contributed by atoms with Crippen LogP contribution >= 0.6 is 0 Å². The van der Waals surface area contributed by atoms with E-state index in [1.807, 2.05) is 35.0 Å². The van der Waals surface area contributed by atoms with Gasteiger partial charge in [-0.1, -0.05) is 23.4 Å². The normalized spacial score (nSPS) is 14.4. The number of anilines is 1. The minimum absolute atomic E-state index is 1.01. The third-order valence-corrected chi connectivity index (χ3v) is 2.62. The van der Waals surface area contributed by atoms with E-state index < -0.39 is 0 Å². The van der Waals surface area contributed by atoms with Gasteiger partial charge in [0.2, 0.25) is 0 Å². The van der Waals surface area contributed by atoms with Crippen LogP contribution in [-0.2, 0) is 6.42 Å². The molecule has 0 radical (unpaired) electrons. The van der Waals surface area contributed by atoms with E-state index in [1.54, 1.807) is 0 Å². The monoisotopic (exact) mass is 200 g/mol. The van der Waals surface area contributed by atoms with Gasteiger partial charge < -0.3 is 5.32 Å². The van der Waals surface area contributed by atoms with Gasteiger partial charge in [0.25, 0.3) is 0 Å². The number of fused-ring (bicyclic) bond motifs is 1. The van der Waals surface area contributed by atoms with Crippen molar-refractivity contribution in [2.75, 3.05) is 11.9 Å². The van der Waals surface area contributed by atoms with E-state index in [1.165, 1.54) is 0 Å². The zero-order valence-electron chi connectivity index (χ0n) is 8.35. The third kappa shape index (κ3) is 1.38. The van der Waals surface area contributed by atoms with Gasteiger partial charge in [-0.3, -0.25) is 0 Å². The van der Waals surface area contributed by atoms with Crippen LogP contribution in [0.3, 0.4) is 0 Å². The molecule has 0 spiro atoms. The number of nitrogens with one attached hydrogen (secondary N) is 1. The van der Waals surface area contributed by atoms with Crippen LogP contribution in [-0.4, -0.2) is 21.5 Å². The fourth-order valence-electron chi connectivity index (χ4n) is 1.87. The lowest BCUT2D eigenvalue weighted by Gasteiger charge is -2.14. The molecule has 0 saturated carbocycles. The molecule has 0 atom stereocenters. The highest BCUT2D eigenvalue weighted by atomic mass is 15.5. The van der Waals surface area contributed by atoms with Crippen molar-refractivity contribution in [3.8, 4) is 5.69 Å². The summed E-state index contributed by atoms with van der Waals surface area (Å²) in [6.45, 7) is 1.01.